The van der Waals surface area contributed by atoms with E-state index in [-0.39, 0.29) is 18.0 Å². The summed E-state index contributed by atoms with van der Waals surface area (Å²) in [6.07, 6.45) is 2.19. The van der Waals surface area contributed by atoms with Crippen LogP contribution in [0.15, 0.2) is 24.3 Å². The van der Waals surface area contributed by atoms with Crippen molar-refractivity contribution < 1.29 is 4.79 Å². The van der Waals surface area contributed by atoms with Gasteiger partial charge in [-0.25, -0.2) is 0 Å². The molecule has 1 amide bonds. The molecule has 2 heterocycles. The number of aromatic amines is 1. The first-order valence-electron chi connectivity index (χ1n) is 8.76. The third kappa shape index (κ3) is 3.76. The van der Waals surface area contributed by atoms with Crippen LogP contribution in [0.2, 0.25) is 0 Å². The van der Waals surface area contributed by atoms with Crippen molar-refractivity contribution in [1.82, 2.24) is 20.4 Å². The van der Waals surface area contributed by atoms with Gasteiger partial charge in [-0.2, -0.15) is 5.10 Å². The van der Waals surface area contributed by atoms with Crippen molar-refractivity contribution in [2.24, 2.45) is 11.7 Å². The minimum absolute atomic E-state index is 0.0991. The maximum atomic E-state index is 12.6. The number of amides is 1. The van der Waals surface area contributed by atoms with Crippen LogP contribution in [0, 0.1) is 5.92 Å². The van der Waals surface area contributed by atoms with Gasteiger partial charge in [-0.15, -0.1) is 0 Å². The molecule has 0 saturated carbocycles. The summed E-state index contributed by atoms with van der Waals surface area (Å²) in [4.78, 5) is 15.0. The largest absolute Gasteiger partial charge is 0.348 e. The fraction of sp³-hybridized carbons (Fsp3) is 0.556. The number of aromatic nitrogens is 2. The van der Waals surface area contributed by atoms with E-state index in [1.807, 2.05) is 31.2 Å². The fourth-order valence-electron chi connectivity index (χ4n) is 3.57. The van der Waals surface area contributed by atoms with Crippen molar-refractivity contribution in [2.75, 3.05) is 19.6 Å². The molecule has 0 radical (unpaired) electrons. The standard InChI is InChI=1S/C18H27N5O/c1-12(19)11-23-9-7-14(8-10-23)13(2)20-18(24)17-15-5-3-4-6-16(15)21-22-17/h3-6,12-14H,7-11,19H2,1-2H3,(H,20,24)(H,21,22)/t12-,13?/m0/s1. The van der Waals surface area contributed by atoms with E-state index in [4.69, 9.17) is 5.73 Å². The molecule has 1 aliphatic rings. The highest BCUT2D eigenvalue weighted by Crippen LogP contribution is 2.21. The van der Waals surface area contributed by atoms with Crippen LogP contribution in [0.4, 0.5) is 0 Å². The highest BCUT2D eigenvalue weighted by molar-refractivity contribution is 6.04. The zero-order chi connectivity index (χ0) is 17.1. The van der Waals surface area contributed by atoms with Gasteiger partial charge >= 0.3 is 0 Å². The average Bonchev–Trinajstić information content (AvgIpc) is 2.99. The van der Waals surface area contributed by atoms with Gasteiger partial charge in [0.2, 0.25) is 0 Å². The molecule has 130 valence electrons. The van der Waals surface area contributed by atoms with E-state index in [2.05, 4.69) is 27.3 Å². The Hall–Kier alpha value is -1.92. The van der Waals surface area contributed by atoms with Crippen LogP contribution in [0.3, 0.4) is 0 Å². The molecular weight excluding hydrogens is 302 g/mol. The summed E-state index contributed by atoms with van der Waals surface area (Å²) in [5.41, 5.74) is 7.24. The van der Waals surface area contributed by atoms with E-state index in [0.29, 0.717) is 11.6 Å². The maximum Gasteiger partial charge on any atom is 0.272 e. The lowest BCUT2D eigenvalue weighted by atomic mass is 9.90. The SMILES string of the molecule is CC(NC(=O)c1n[nH]c2ccccc12)C1CCN(C[C@H](C)N)CC1. The Balaban J connectivity index is 1.57. The second kappa shape index (κ2) is 7.32. The Morgan fingerprint density at radius 1 is 1.38 bits per heavy atom. The lowest BCUT2D eigenvalue weighted by Crippen LogP contribution is -2.46. The molecule has 1 aromatic carbocycles. The van der Waals surface area contributed by atoms with Gasteiger partial charge < -0.3 is 16.0 Å². The number of fused-ring (bicyclic) bond motifs is 1. The van der Waals surface area contributed by atoms with Crippen LogP contribution in [-0.2, 0) is 0 Å². The molecule has 1 aliphatic heterocycles. The lowest BCUT2D eigenvalue weighted by Gasteiger charge is -2.35. The average molecular weight is 329 g/mol. The van der Waals surface area contributed by atoms with E-state index in [0.717, 1.165) is 43.4 Å². The minimum Gasteiger partial charge on any atom is -0.348 e. The van der Waals surface area contributed by atoms with Crippen LogP contribution >= 0.6 is 0 Å². The molecule has 0 spiro atoms. The molecule has 6 heteroatoms. The topological polar surface area (TPSA) is 87.0 Å². The first-order chi connectivity index (χ1) is 11.5. The van der Waals surface area contributed by atoms with E-state index in [1.165, 1.54) is 0 Å². The molecule has 1 saturated heterocycles. The zero-order valence-electron chi connectivity index (χ0n) is 14.5. The highest BCUT2D eigenvalue weighted by atomic mass is 16.2. The van der Waals surface area contributed by atoms with Crippen molar-refractivity contribution >= 4 is 16.8 Å². The van der Waals surface area contributed by atoms with E-state index in [9.17, 15) is 4.79 Å². The molecule has 4 N–H and O–H groups in total. The number of benzene rings is 1. The molecule has 1 unspecified atom stereocenters. The van der Waals surface area contributed by atoms with Crippen LogP contribution in [-0.4, -0.2) is 52.7 Å². The summed E-state index contributed by atoms with van der Waals surface area (Å²) in [5.74, 6) is 0.404. The molecule has 24 heavy (non-hydrogen) atoms. The second-order valence-electron chi connectivity index (χ2n) is 7.00. The molecular formula is C18H27N5O. The Bertz CT molecular complexity index is 688. The number of nitrogens with two attached hydrogens (primary N) is 1. The summed E-state index contributed by atoms with van der Waals surface area (Å²) >= 11 is 0. The Kier molecular flexibility index (Phi) is 5.16. The third-order valence-corrected chi connectivity index (χ3v) is 4.93. The number of hydrogen-bond acceptors (Lipinski definition) is 4. The summed E-state index contributed by atoms with van der Waals surface area (Å²) in [5, 5.41) is 11.1. The number of carbonyl (C=O) groups excluding carboxylic acids is 1. The number of H-pyrrole nitrogens is 1. The molecule has 0 aliphatic carbocycles. The van der Waals surface area contributed by atoms with Crippen molar-refractivity contribution in [3.05, 3.63) is 30.0 Å². The van der Waals surface area contributed by atoms with E-state index < -0.39 is 0 Å². The van der Waals surface area contributed by atoms with Crippen LogP contribution in [0.1, 0.15) is 37.2 Å². The van der Waals surface area contributed by atoms with Crippen LogP contribution in [0.25, 0.3) is 10.9 Å². The zero-order valence-corrected chi connectivity index (χ0v) is 14.5. The van der Waals surface area contributed by atoms with E-state index in [1.54, 1.807) is 0 Å². The number of rotatable bonds is 5. The lowest BCUT2D eigenvalue weighted by molar-refractivity contribution is 0.0898. The van der Waals surface area contributed by atoms with E-state index >= 15 is 0 Å². The number of carbonyl (C=O) groups is 1. The molecule has 6 nitrogen and oxygen atoms in total. The fourth-order valence-corrected chi connectivity index (χ4v) is 3.57. The van der Waals surface area contributed by atoms with Crippen molar-refractivity contribution in [1.29, 1.82) is 0 Å². The molecule has 1 aromatic heterocycles. The summed E-state index contributed by atoms with van der Waals surface area (Å²) in [7, 11) is 0. The first kappa shape index (κ1) is 16.9. The number of hydrogen-bond donors (Lipinski definition) is 3. The van der Waals surface area contributed by atoms with Gasteiger partial charge in [-0.05, 0) is 51.8 Å². The van der Waals surface area contributed by atoms with Crippen molar-refractivity contribution in [3.8, 4) is 0 Å². The number of likely N-dealkylation sites (tertiary alicyclic amines) is 1. The van der Waals surface area contributed by atoms with Gasteiger partial charge in [0.15, 0.2) is 5.69 Å². The molecule has 2 aromatic rings. The Labute approximate surface area is 142 Å². The third-order valence-electron chi connectivity index (χ3n) is 4.93. The van der Waals surface area contributed by atoms with Gasteiger partial charge in [0.05, 0.1) is 5.52 Å². The predicted molar refractivity (Wildman–Crippen MR) is 95.8 cm³/mol. The number of nitrogens with zero attached hydrogens (tertiary/aromatic N) is 2. The van der Waals surface area contributed by atoms with Gasteiger partial charge in [-0.1, -0.05) is 18.2 Å². The molecule has 3 rings (SSSR count). The summed E-state index contributed by atoms with van der Waals surface area (Å²) < 4.78 is 0. The van der Waals surface area contributed by atoms with Crippen LogP contribution in [0.5, 0.6) is 0 Å². The second-order valence-corrected chi connectivity index (χ2v) is 7.00. The van der Waals surface area contributed by atoms with Gasteiger partial charge in [0.25, 0.3) is 5.91 Å². The van der Waals surface area contributed by atoms with Gasteiger partial charge in [-0.3, -0.25) is 9.89 Å². The minimum atomic E-state index is -0.0991. The molecule has 1 fully saturated rings. The number of piperidine rings is 1. The highest BCUT2D eigenvalue weighted by Gasteiger charge is 2.26. The smallest absolute Gasteiger partial charge is 0.272 e. The predicted octanol–water partition coefficient (Wildman–Crippen LogP) is 1.74. The van der Waals surface area contributed by atoms with Crippen molar-refractivity contribution in [3.63, 3.8) is 0 Å². The Morgan fingerprint density at radius 2 is 2.08 bits per heavy atom. The normalized spacial score (nSPS) is 19.3. The molecule has 0 bridgehead atoms. The van der Waals surface area contributed by atoms with Crippen LogP contribution < -0.4 is 11.1 Å². The van der Waals surface area contributed by atoms with Crippen molar-refractivity contribution in [2.45, 2.75) is 38.8 Å². The number of nitrogens with one attached hydrogen (secondary N) is 2. The first-order valence-corrected chi connectivity index (χ1v) is 8.76. The molecule has 2 atom stereocenters. The summed E-state index contributed by atoms with van der Waals surface area (Å²) in [6, 6.07) is 8.06. The number of para-hydroxylation sites is 1. The van der Waals surface area contributed by atoms with Gasteiger partial charge in [0, 0.05) is 24.0 Å². The monoisotopic (exact) mass is 329 g/mol. The van der Waals surface area contributed by atoms with Gasteiger partial charge in [0.1, 0.15) is 0 Å². The summed E-state index contributed by atoms with van der Waals surface area (Å²) in [6.45, 7) is 7.20. The quantitative estimate of drug-likeness (QED) is 0.780. The Morgan fingerprint density at radius 3 is 2.79 bits per heavy atom. The maximum absolute atomic E-state index is 12.6.